The summed E-state index contributed by atoms with van der Waals surface area (Å²) in [7, 11) is 3.72. The molecular formula is C23H32N4O3. The van der Waals surface area contributed by atoms with Gasteiger partial charge < -0.3 is 14.8 Å². The Morgan fingerprint density at radius 3 is 2.77 bits per heavy atom. The van der Waals surface area contributed by atoms with Gasteiger partial charge in [0, 0.05) is 43.4 Å². The van der Waals surface area contributed by atoms with Crippen molar-refractivity contribution in [2.24, 2.45) is 13.0 Å². The molecular weight excluding hydrogens is 380 g/mol. The molecule has 0 spiro atoms. The molecule has 7 heteroatoms. The zero-order valence-electron chi connectivity index (χ0n) is 18.1. The third-order valence-electron chi connectivity index (χ3n) is 6.49. The zero-order chi connectivity index (χ0) is 21.1. The number of alkyl carbamates (subject to hydrolysis) is 1. The van der Waals surface area contributed by atoms with E-state index in [9.17, 15) is 4.79 Å². The second kappa shape index (κ2) is 9.08. The van der Waals surface area contributed by atoms with Gasteiger partial charge in [-0.2, -0.15) is 5.10 Å². The van der Waals surface area contributed by atoms with Crippen LogP contribution >= 0.6 is 0 Å². The predicted molar refractivity (Wildman–Crippen MR) is 116 cm³/mol. The molecule has 4 atom stereocenters. The van der Waals surface area contributed by atoms with Crippen LogP contribution in [-0.4, -0.2) is 60.2 Å². The summed E-state index contributed by atoms with van der Waals surface area (Å²) in [6.07, 6.45) is 2.87. The first-order valence-corrected chi connectivity index (χ1v) is 10.9. The van der Waals surface area contributed by atoms with Gasteiger partial charge in [0.2, 0.25) is 0 Å². The van der Waals surface area contributed by atoms with Crippen molar-refractivity contribution in [3.8, 4) is 17.0 Å². The normalized spacial score (nSPS) is 25.2. The number of fused-ring (bicyclic) bond motifs is 3. The van der Waals surface area contributed by atoms with Crippen molar-refractivity contribution >= 4 is 6.09 Å². The highest BCUT2D eigenvalue weighted by molar-refractivity contribution is 5.67. The van der Waals surface area contributed by atoms with Gasteiger partial charge >= 0.3 is 6.09 Å². The number of nitrogens with zero attached hydrogens (tertiary/aromatic N) is 3. The molecule has 1 amide bonds. The summed E-state index contributed by atoms with van der Waals surface area (Å²) in [5.74, 6) is 1.92. The lowest BCUT2D eigenvalue weighted by molar-refractivity contribution is -0.00414. The van der Waals surface area contributed by atoms with Crippen LogP contribution in [0, 0.1) is 5.92 Å². The molecule has 5 rings (SSSR count). The molecule has 4 heterocycles. The van der Waals surface area contributed by atoms with E-state index in [0.717, 1.165) is 42.9 Å². The fraction of sp³-hybridized carbons (Fsp3) is 0.565. The molecule has 0 aliphatic carbocycles. The van der Waals surface area contributed by atoms with Gasteiger partial charge in [0.15, 0.2) is 0 Å². The van der Waals surface area contributed by atoms with Crippen LogP contribution in [0.4, 0.5) is 4.79 Å². The predicted octanol–water partition coefficient (Wildman–Crippen LogP) is 3.41. The van der Waals surface area contributed by atoms with Gasteiger partial charge in [-0.25, -0.2) is 4.79 Å². The van der Waals surface area contributed by atoms with Crippen LogP contribution in [0.2, 0.25) is 0 Å². The highest BCUT2D eigenvalue weighted by atomic mass is 16.5. The van der Waals surface area contributed by atoms with E-state index < -0.39 is 0 Å². The van der Waals surface area contributed by atoms with Crippen molar-refractivity contribution in [3.05, 3.63) is 36.0 Å². The molecule has 1 aromatic carbocycles. The molecule has 3 aliphatic heterocycles. The molecule has 2 bridgehead atoms. The van der Waals surface area contributed by atoms with Gasteiger partial charge in [0.1, 0.15) is 12.4 Å². The summed E-state index contributed by atoms with van der Waals surface area (Å²) >= 11 is 0. The number of amides is 1. The lowest BCUT2D eigenvalue weighted by atomic mass is 9.74. The Hall–Kier alpha value is -2.54. The topological polar surface area (TPSA) is 68.6 Å². The molecule has 30 heavy (non-hydrogen) atoms. The lowest BCUT2D eigenvalue weighted by Crippen LogP contribution is -2.54. The molecule has 7 nitrogen and oxygen atoms in total. The average molecular weight is 413 g/mol. The van der Waals surface area contributed by atoms with Crippen molar-refractivity contribution in [1.29, 1.82) is 0 Å². The Labute approximate surface area is 178 Å². The average Bonchev–Trinajstić information content (AvgIpc) is 3.18. The molecule has 3 fully saturated rings. The van der Waals surface area contributed by atoms with E-state index in [-0.39, 0.29) is 6.09 Å². The molecule has 162 valence electrons. The molecule has 0 radical (unpaired) electrons. The molecule has 2 aromatic rings. The number of nitrogens with one attached hydrogen (secondary N) is 1. The number of carbonyl (C=O) groups is 1. The maximum atomic E-state index is 11.8. The number of methoxy groups -OCH3 is 1. The second-order valence-corrected chi connectivity index (χ2v) is 8.37. The maximum Gasteiger partial charge on any atom is 0.407 e. The summed E-state index contributed by atoms with van der Waals surface area (Å²) in [5, 5.41) is 7.57. The molecule has 1 aromatic heterocycles. The largest absolute Gasteiger partial charge is 0.497 e. The minimum atomic E-state index is -0.299. The summed E-state index contributed by atoms with van der Waals surface area (Å²) in [4.78, 5) is 14.3. The van der Waals surface area contributed by atoms with Crippen LogP contribution in [0.1, 0.15) is 37.8 Å². The van der Waals surface area contributed by atoms with Gasteiger partial charge in [0.05, 0.1) is 12.8 Å². The fourth-order valence-electron chi connectivity index (χ4n) is 4.83. The van der Waals surface area contributed by atoms with Crippen LogP contribution in [0.15, 0.2) is 30.3 Å². The SMILES string of the molecule is CCCNC(=O)OC[C@H]1C[C@@H]2CCN1C[C@@H]2c1cc(-c2ccc(OC)cc2)nn1C. The Morgan fingerprint density at radius 1 is 1.30 bits per heavy atom. The summed E-state index contributed by atoms with van der Waals surface area (Å²) in [5.41, 5.74) is 3.39. The third kappa shape index (κ3) is 4.31. The Kier molecular flexibility index (Phi) is 6.27. The minimum absolute atomic E-state index is 0.299. The standard InChI is InChI=1S/C23H32N4O3/c1-4-10-24-23(28)30-15-18-12-17-9-11-27(18)14-20(17)22-13-21(25-26(22)2)16-5-7-19(29-3)8-6-16/h5-8,13,17-18,20H,4,9-12,14-15H2,1-3H3,(H,24,28)/t17-,18+,20-/m0/s1. The maximum absolute atomic E-state index is 11.8. The molecule has 1 unspecified atom stereocenters. The number of ether oxygens (including phenoxy) is 2. The van der Waals surface area contributed by atoms with Crippen LogP contribution in [0.3, 0.4) is 0 Å². The van der Waals surface area contributed by atoms with E-state index in [4.69, 9.17) is 14.6 Å². The van der Waals surface area contributed by atoms with E-state index in [1.165, 1.54) is 12.1 Å². The highest BCUT2D eigenvalue weighted by Crippen LogP contribution is 2.42. The molecule has 3 aliphatic rings. The lowest BCUT2D eigenvalue weighted by Gasteiger charge is -2.49. The van der Waals surface area contributed by atoms with Gasteiger partial charge in [-0.3, -0.25) is 9.58 Å². The quantitative estimate of drug-likeness (QED) is 0.755. The van der Waals surface area contributed by atoms with Crippen LogP contribution in [0.5, 0.6) is 5.75 Å². The number of carbonyl (C=O) groups excluding carboxylic acids is 1. The van der Waals surface area contributed by atoms with Crippen LogP contribution in [0.25, 0.3) is 11.3 Å². The van der Waals surface area contributed by atoms with E-state index in [2.05, 4.69) is 28.4 Å². The fourth-order valence-corrected chi connectivity index (χ4v) is 4.83. The summed E-state index contributed by atoms with van der Waals surface area (Å²) in [6.45, 7) is 5.24. The number of hydrogen-bond acceptors (Lipinski definition) is 5. The van der Waals surface area contributed by atoms with Crippen molar-refractivity contribution in [2.45, 2.75) is 38.1 Å². The summed E-state index contributed by atoms with van der Waals surface area (Å²) < 4.78 is 12.8. The van der Waals surface area contributed by atoms with Crippen LogP contribution < -0.4 is 10.1 Å². The minimum Gasteiger partial charge on any atom is -0.497 e. The van der Waals surface area contributed by atoms with Crippen molar-refractivity contribution in [3.63, 3.8) is 0 Å². The van der Waals surface area contributed by atoms with Crippen molar-refractivity contribution in [2.75, 3.05) is 33.4 Å². The smallest absolute Gasteiger partial charge is 0.407 e. The Bertz CT molecular complexity index is 864. The van der Waals surface area contributed by atoms with Crippen LogP contribution in [-0.2, 0) is 11.8 Å². The monoisotopic (exact) mass is 412 g/mol. The van der Waals surface area contributed by atoms with Crippen molar-refractivity contribution < 1.29 is 14.3 Å². The van der Waals surface area contributed by atoms with Gasteiger partial charge in [0.25, 0.3) is 0 Å². The summed E-state index contributed by atoms with van der Waals surface area (Å²) in [6, 6.07) is 10.6. The highest BCUT2D eigenvalue weighted by Gasteiger charge is 2.42. The van der Waals surface area contributed by atoms with E-state index >= 15 is 0 Å². The first kappa shape index (κ1) is 20.7. The van der Waals surface area contributed by atoms with Gasteiger partial charge in [-0.05, 0) is 62.1 Å². The zero-order valence-corrected chi connectivity index (χ0v) is 18.1. The van der Waals surface area contributed by atoms with E-state index in [1.807, 2.05) is 30.8 Å². The number of aromatic nitrogens is 2. The van der Waals surface area contributed by atoms with E-state index in [1.54, 1.807) is 7.11 Å². The molecule has 1 N–H and O–H groups in total. The Morgan fingerprint density at radius 2 is 2.10 bits per heavy atom. The number of benzene rings is 1. The number of rotatable bonds is 7. The first-order chi connectivity index (χ1) is 14.6. The molecule has 0 saturated carbocycles. The van der Waals surface area contributed by atoms with Gasteiger partial charge in [-0.1, -0.05) is 6.92 Å². The third-order valence-corrected chi connectivity index (χ3v) is 6.49. The number of hydrogen-bond donors (Lipinski definition) is 1. The van der Waals surface area contributed by atoms with E-state index in [0.29, 0.717) is 31.0 Å². The number of piperidine rings is 3. The first-order valence-electron chi connectivity index (χ1n) is 10.9. The van der Waals surface area contributed by atoms with Gasteiger partial charge in [-0.15, -0.1) is 0 Å². The van der Waals surface area contributed by atoms with Crippen molar-refractivity contribution in [1.82, 2.24) is 20.0 Å². The molecule has 3 saturated heterocycles. The second-order valence-electron chi connectivity index (χ2n) is 8.37. The Balaban J connectivity index is 1.41. The number of aryl methyl sites for hydroxylation is 1.